The van der Waals surface area contributed by atoms with Gasteiger partial charge in [-0.05, 0) is 34.9 Å². The molecular formula is C25H21N5O2. The molecule has 5 rings (SSSR count). The van der Waals surface area contributed by atoms with Crippen LogP contribution in [0, 0.1) is 0 Å². The van der Waals surface area contributed by atoms with E-state index >= 15 is 0 Å². The van der Waals surface area contributed by atoms with Crippen molar-refractivity contribution in [1.82, 2.24) is 19.4 Å². The van der Waals surface area contributed by atoms with Gasteiger partial charge in [0.1, 0.15) is 18.4 Å². The van der Waals surface area contributed by atoms with Gasteiger partial charge in [-0.25, -0.2) is 9.20 Å². The zero-order chi connectivity index (χ0) is 22.1. The Hall–Kier alpha value is -4.26. The first kappa shape index (κ1) is 19.7. The summed E-state index contributed by atoms with van der Waals surface area (Å²) in [5.74, 6) is -0.307. The van der Waals surface area contributed by atoms with Crippen molar-refractivity contribution in [1.29, 1.82) is 0 Å². The molecule has 1 amide bonds. The number of rotatable bonds is 5. The van der Waals surface area contributed by atoms with Crippen molar-refractivity contribution < 1.29 is 4.79 Å². The van der Waals surface area contributed by atoms with Crippen LogP contribution in [0.1, 0.15) is 12.5 Å². The van der Waals surface area contributed by atoms with E-state index in [9.17, 15) is 9.59 Å². The van der Waals surface area contributed by atoms with Crippen molar-refractivity contribution in [2.75, 3.05) is 5.32 Å². The highest BCUT2D eigenvalue weighted by Crippen LogP contribution is 2.27. The number of benzene rings is 3. The van der Waals surface area contributed by atoms with Crippen molar-refractivity contribution in [3.05, 3.63) is 95.0 Å². The fraction of sp³-hybridized carbons (Fsp3) is 0.120. The molecule has 0 aliphatic heterocycles. The molecule has 0 saturated heterocycles. The lowest BCUT2D eigenvalue weighted by Crippen LogP contribution is -2.30. The Kier molecular flexibility index (Phi) is 4.99. The highest BCUT2D eigenvalue weighted by atomic mass is 16.2. The number of carbonyl (C=O) groups is 1. The van der Waals surface area contributed by atoms with E-state index in [1.807, 2.05) is 73.7 Å². The molecule has 3 aromatic carbocycles. The number of carbonyl (C=O) groups excluding carboxylic acids is 1. The van der Waals surface area contributed by atoms with Crippen LogP contribution in [0.15, 0.2) is 83.9 Å². The fourth-order valence-electron chi connectivity index (χ4n) is 3.91. The monoisotopic (exact) mass is 423 g/mol. The van der Waals surface area contributed by atoms with Crippen molar-refractivity contribution in [2.45, 2.75) is 19.9 Å². The van der Waals surface area contributed by atoms with Crippen LogP contribution in [0.3, 0.4) is 0 Å². The second-order valence-electron chi connectivity index (χ2n) is 7.54. The number of anilines is 1. The molecule has 0 bridgehead atoms. The molecule has 2 heterocycles. The number of hydrogen-bond donors (Lipinski definition) is 1. The molecule has 0 aliphatic rings. The van der Waals surface area contributed by atoms with Crippen LogP contribution in [0.4, 0.5) is 5.69 Å². The molecule has 32 heavy (non-hydrogen) atoms. The van der Waals surface area contributed by atoms with E-state index in [1.165, 1.54) is 10.8 Å². The summed E-state index contributed by atoms with van der Waals surface area (Å²) in [7, 11) is 0. The van der Waals surface area contributed by atoms with Gasteiger partial charge in [0, 0.05) is 11.3 Å². The van der Waals surface area contributed by atoms with Crippen LogP contribution in [-0.2, 0) is 17.8 Å². The number of fused-ring (bicyclic) bond motifs is 2. The Morgan fingerprint density at radius 1 is 1.00 bits per heavy atom. The smallest absolute Gasteiger partial charge is 0.293 e. The van der Waals surface area contributed by atoms with Crippen molar-refractivity contribution in [3.63, 3.8) is 0 Å². The molecule has 0 saturated carbocycles. The van der Waals surface area contributed by atoms with Crippen LogP contribution in [0.2, 0.25) is 0 Å². The summed E-state index contributed by atoms with van der Waals surface area (Å²) in [5, 5.41) is 13.7. The number of amides is 1. The minimum Gasteiger partial charge on any atom is -0.324 e. The predicted molar refractivity (Wildman–Crippen MR) is 125 cm³/mol. The van der Waals surface area contributed by atoms with Crippen LogP contribution in [0.25, 0.3) is 27.5 Å². The number of nitrogens with one attached hydrogen (secondary N) is 1. The lowest BCUT2D eigenvalue weighted by molar-refractivity contribution is -0.117. The molecule has 5 aromatic rings. The average Bonchev–Trinajstić information content (AvgIpc) is 3.26. The number of nitrogens with zero attached hydrogens (tertiary/aromatic N) is 4. The lowest BCUT2D eigenvalue weighted by atomic mass is 10.0. The summed E-state index contributed by atoms with van der Waals surface area (Å²) in [6.07, 6.45) is 2.26. The van der Waals surface area contributed by atoms with Crippen molar-refractivity contribution in [3.8, 4) is 11.3 Å². The van der Waals surface area contributed by atoms with Gasteiger partial charge in [0.15, 0.2) is 0 Å². The Labute approximate surface area is 183 Å². The Balaban J connectivity index is 1.47. The molecular weight excluding hydrogens is 402 g/mol. The van der Waals surface area contributed by atoms with Gasteiger partial charge in [0.2, 0.25) is 5.91 Å². The maximum absolute atomic E-state index is 13.0. The fourth-order valence-corrected chi connectivity index (χ4v) is 3.91. The second-order valence-corrected chi connectivity index (χ2v) is 7.54. The molecule has 0 fully saturated rings. The normalized spacial score (nSPS) is 11.2. The molecule has 0 unspecified atom stereocenters. The van der Waals surface area contributed by atoms with Gasteiger partial charge < -0.3 is 5.32 Å². The van der Waals surface area contributed by atoms with E-state index in [0.29, 0.717) is 11.2 Å². The maximum atomic E-state index is 13.0. The Morgan fingerprint density at radius 3 is 2.66 bits per heavy atom. The Morgan fingerprint density at radius 2 is 1.78 bits per heavy atom. The summed E-state index contributed by atoms with van der Waals surface area (Å²) < 4.78 is 2.62. The molecule has 1 N–H and O–H groups in total. The third-order valence-electron chi connectivity index (χ3n) is 5.52. The molecule has 7 heteroatoms. The van der Waals surface area contributed by atoms with E-state index in [-0.39, 0.29) is 18.0 Å². The van der Waals surface area contributed by atoms with Gasteiger partial charge in [0.05, 0.1) is 5.69 Å². The summed E-state index contributed by atoms with van der Waals surface area (Å²) in [4.78, 5) is 25.6. The van der Waals surface area contributed by atoms with Gasteiger partial charge in [-0.2, -0.15) is 10.2 Å². The zero-order valence-electron chi connectivity index (χ0n) is 17.5. The zero-order valence-corrected chi connectivity index (χ0v) is 17.5. The predicted octanol–water partition coefficient (Wildman–Crippen LogP) is 3.91. The highest BCUT2D eigenvalue weighted by molar-refractivity contribution is 5.96. The van der Waals surface area contributed by atoms with Gasteiger partial charge in [-0.3, -0.25) is 9.59 Å². The van der Waals surface area contributed by atoms with Crippen LogP contribution in [-0.4, -0.2) is 25.3 Å². The molecule has 0 spiro atoms. The van der Waals surface area contributed by atoms with Crippen molar-refractivity contribution >= 4 is 27.9 Å². The largest absolute Gasteiger partial charge is 0.324 e. The first-order valence-corrected chi connectivity index (χ1v) is 10.5. The van der Waals surface area contributed by atoms with E-state index < -0.39 is 0 Å². The maximum Gasteiger partial charge on any atom is 0.293 e. The number of aromatic nitrogens is 4. The topological polar surface area (TPSA) is 81.3 Å². The van der Waals surface area contributed by atoms with Crippen molar-refractivity contribution in [2.24, 2.45) is 0 Å². The summed E-state index contributed by atoms with van der Waals surface area (Å²) >= 11 is 0. The number of hydrogen-bond acceptors (Lipinski definition) is 4. The highest BCUT2D eigenvalue weighted by Gasteiger charge is 2.14. The first-order valence-electron chi connectivity index (χ1n) is 10.5. The van der Waals surface area contributed by atoms with Gasteiger partial charge in [-0.1, -0.05) is 67.6 Å². The molecule has 0 atom stereocenters. The standard InChI is InChI=1S/C25H21N5O2/c1-2-17-8-4-6-13-21(17)27-24(31)15-29-25(32)23-14-22(28-30(23)16-26-29)20-12-7-10-18-9-3-5-11-19(18)20/h3-14,16H,2,15H2,1H3,(H,27,31). The summed E-state index contributed by atoms with van der Waals surface area (Å²) in [6.45, 7) is 1.85. The van der Waals surface area contributed by atoms with E-state index in [1.54, 1.807) is 6.07 Å². The van der Waals surface area contributed by atoms with E-state index in [0.717, 1.165) is 38.7 Å². The van der Waals surface area contributed by atoms with E-state index in [2.05, 4.69) is 15.5 Å². The van der Waals surface area contributed by atoms with Gasteiger partial charge >= 0.3 is 0 Å². The van der Waals surface area contributed by atoms with E-state index in [4.69, 9.17) is 0 Å². The first-order chi connectivity index (χ1) is 15.6. The van der Waals surface area contributed by atoms with Gasteiger partial charge in [0.25, 0.3) is 5.56 Å². The molecule has 158 valence electrons. The lowest BCUT2D eigenvalue weighted by Gasteiger charge is -2.10. The molecule has 0 aliphatic carbocycles. The van der Waals surface area contributed by atoms with Crippen LogP contribution in [0.5, 0.6) is 0 Å². The third-order valence-corrected chi connectivity index (χ3v) is 5.52. The quantitative estimate of drug-likeness (QED) is 0.465. The number of aryl methyl sites for hydroxylation is 1. The summed E-state index contributed by atoms with van der Waals surface area (Å²) in [6, 6.07) is 23.4. The number of para-hydroxylation sites is 1. The Bertz CT molecular complexity index is 1510. The SMILES string of the molecule is CCc1ccccc1NC(=O)Cn1ncn2nc(-c3cccc4ccccc34)cc2c1=O. The average molecular weight is 423 g/mol. The second kappa shape index (κ2) is 8.11. The minimum atomic E-state index is -0.370. The summed E-state index contributed by atoms with van der Waals surface area (Å²) in [5.41, 5.74) is 3.39. The van der Waals surface area contributed by atoms with Crippen LogP contribution >= 0.6 is 0 Å². The van der Waals surface area contributed by atoms with Crippen LogP contribution < -0.4 is 10.9 Å². The minimum absolute atomic E-state index is 0.178. The molecule has 7 nitrogen and oxygen atoms in total. The molecule has 0 radical (unpaired) electrons. The molecule has 2 aromatic heterocycles. The van der Waals surface area contributed by atoms with Gasteiger partial charge in [-0.15, -0.1) is 0 Å². The third kappa shape index (κ3) is 3.54.